The highest BCUT2D eigenvalue weighted by atomic mass is 16.4. The molecule has 0 spiro atoms. The van der Waals surface area contributed by atoms with Crippen LogP contribution in [-0.2, 0) is 0 Å². The van der Waals surface area contributed by atoms with Crippen molar-refractivity contribution in [2.24, 2.45) is 0 Å². The second kappa shape index (κ2) is 5.58. The van der Waals surface area contributed by atoms with E-state index in [0.29, 0.717) is 17.1 Å². The number of nitrogens with zero attached hydrogens (tertiary/aromatic N) is 2. The van der Waals surface area contributed by atoms with Crippen molar-refractivity contribution in [3.05, 3.63) is 66.1 Å². The fraction of sp³-hybridized carbons (Fsp3) is 0.0625. The van der Waals surface area contributed by atoms with E-state index in [1.54, 1.807) is 24.3 Å². The molecule has 104 valence electrons. The Bertz CT molecular complexity index is 732. The molecule has 0 unspecified atom stereocenters. The maximum Gasteiger partial charge on any atom is 0.255 e. The molecule has 0 aliphatic carbocycles. The molecule has 2 aromatic carbocycles. The molecule has 0 fully saturated rings. The smallest absolute Gasteiger partial charge is 0.255 e. The van der Waals surface area contributed by atoms with Crippen LogP contribution in [0.1, 0.15) is 15.9 Å². The molecule has 1 amide bonds. The van der Waals surface area contributed by atoms with Crippen LogP contribution in [0.4, 0.5) is 5.69 Å². The van der Waals surface area contributed by atoms with Gasteiger partial charge in [-0.15, -0.1) is 10.2 Å². The van der Waals surface area contributed by atoms with Gasteiger partial charge in [0.1, 0.15) is 0 Å². The Hall–Kier alpha value is -2.95. The molecule has 21 heavy (non-hydrogen) atoms. The third-order valence-electron chi connectivity index (χ3n) is 3.06. The minimum Gasteiger partial charge on any atom is -0.423 e. The Morgan fingerprint density at radius 3 is 2.38 bits per heavy atom. The molecule has 1 heterocycles. The Labute approximate surface area is 121 Å². The summed E-state index contributed by atoms with van der Waals surface area (Å²) < 4.78 is 5.11. The second-order valence-electron chi connectivity index (χ2n) is 4.64. The Morgan fingerprint density at radius 1 is 1.05 bits per heavy atom. The maximum absolute atomic E-state index is 12.1. The summed E-state index contributed by atoms with van der Waals surface area (Å²) in [4.78, 5) is 12.1. The molecule has 0 aliphatic rings. The molecule has 0 aliphatic heterocycles. The van der Waals surface area contributed by atoms with E-state index >= 15 is 0 Å². The van der Waals surface area contributed by atoms with Crippen LogP contribution < -0.4 is 5.32 Å². The highest BCUT2D eigenvalue weighted by molar-refractivity contribution is 6.04. The van der Waals surface area contributed by atoms with Crippen molar-refractivity contribution >= 4 is 11.6 Å². The molecule has 0 atom stereocenters. The van der Waals surface area contributed by atoms with E-state index in [2.05, 4.69) is 15.5 Å². The van der Waals surface area contributed by atoms with Crippen LogP contribution in [-0.4, -0.2) is 16.1 Å². The number of aromatic nitrogens is 2. The zero-order valence-electron chi connectivity index (χ0n) is 11.4. The van der Waals surface area contributed by atoms with Gasteiger partial charge in [-0.25, -0.2) is 0 Å². The zero-order chi connectivity index (χ0) is 14.7. The van der Waals surface area contributed by atoms with E-state index in [1.807, 2.05) is 31.2 Å². The molecular formula is C16H13N3O2. The third kappa shape index (κ3) is 2.97. The van der Waals surface area contributed by atoms with Gasteiger partial charge in [-0.3, -0.25) is 4.79 Å². The Kier molecular flexibility index (Phi) is 3.47. The van der Waals surface area contributed by atoms with E-state index in [1.165, 1.54) is 6.39 Å². The topological polar surface area (TPSA) is 68.0 Å². The number of hydrogen-bond acceptors (Lipinski definition) is 4. The molecule has 3 rings (SSSR count). The molecule has 5 heteroatoms. The molecule has 0 bridgehead atoms. The monoisotopic (exact) mass is 279 g/mol. The Morgan fingerprint density at radius 2 is 1.76 bits per heavy atom. The van der Waals surface area contributed by atoms with Crippen molar-refractivity contribution in [2.75, 3.05) is 5.32 Å². The fourth-order valence-corrected chi connectivity index (χ4v) is 1.90. The molecule has 0 radical (unpaired) electrons. The predicted octanol–water partition coefficient (Wildman–Crippen LogP) is 3.30. The van der Waals surface area contributed by atoms with Gasteiger partial charge in [0.2, 0.25) is 12.3 Å². The van der Waals surface area contributed by atoms with Crippen molar-refractivity contribution in [3.63, 3.8) is 0 Å². The van der Waals surface area contributed by atoms with Crippen molar-refractivity contribution in [1.29, 1.82) is 0 Å². The van der Waals surface area contributed by atoms with Crippen LogP contribution >= 0.6 is 0 Å². The summed E-state index contributed by atoms with van der Waals surface area (Å²) in [5, 5.41) is 10.3. The number of carbonyl (C=O) groups is 1. The number of amides is 1. The lowest BCUT2D eigenvalue weighted by Crippen LogP contribution is -2.11. The first-order chi connectivity index (χ1) is 10.2. The van der Waals surface area contributed by atoms with Crippen molar-refractivity contribution in [2.45, 2.75) is 6.92 Å². The first-order valence-electron chi connectivity index (χ1n) is 6.47. The van der Waals surface area contributed by atoms with Crippen LogP contribution in [0.5, 0.6) is 0 Å². The lowest BCUT2D eigenvalue weighted by atomic mass is 10.1. The third-order valence-corrected chi connectivity index (χ3v) is 3.06. The van der Waals surface area contributed by atoms with Gasteiger partial charge in [-0.05, 0) is 43.3 Å². The number of benzene rings is 2. The zero-order valence-corrected chi connectivity index (χ0v) is 11.4. The first-order valence-corrected chi connectivity index (χ1v) is 6.47. The minimum absolute atomic E-state index is 0.138. The summed E-state index contributed by atoms with van der Waals surface area (Å²) >= 11 is 0. The summed E-state index contributed by atoms with van der Waals surface area (Å²) in [5.74, 6) is 0.312. The largest absolute Gasteiger partial charge is 0.423 e. The summed E-state index contributed by atoms with van der Waals surface area (Å²) in [6.45, 7) is 1.98. The average molecular weight is 279 g/mol. The van der Waals surface area contributed by atoms with Crippen molar-refractivity contribution in [1.82, 2.24) is 10.2 Å². The van der Waals surface area contributed by atoms with Crippen LogP contribution in [0, 0.1) is 6.92 Å². The number of aryl methyl sites for hydroxylation is 1. The molecule has 1 N–H and O–H groups in total. The summed E-state index contributed by atoms with van der Waals surface area (Å²) in [6.07, 6.45) is 1.28. The highest BCUT2D eigenvalue weighted by Crippen LogP contribution is 2.19. The average Bonchev–Trinajstić information content (AvgIpc) is 3.03. The van der Waals surface area contributed by atoms with E-state index in [-0.39, 0.29) is 5.91 Å². The quantitative estimate of drug-likeness (QED) is 0.798. The molecule has 5 nitrogen and oxygen atoms in total. The normalized spacial score (nSPS) is 10.3. The van der Waals surface area contributed by atoms with E-state index in [4.69, 9.17) is 4.42 Å². The number of carbonyl (C=O) groups excluding carboxylic acids is 1. The highest BCUT2D eigenvalue weighted by Gasteiger charge is 2.07. The molecule has 0 saturated heterocycles. The maximum atomic E-state index is 12.1. The molecule has 0 saturated carbocycles. The molecule has 1 aromatic heterocycles. The summed E-state index contributed by atoms with van der Waals surface area (Å²) in [7, 11) is 0. The fourth-order valence-electron chi connectivity index (χ4n) is 1.90. The summed E-state index contributed by atoms with van der Waals surface area (Å²) in [5.41, 5.74) is 3.27. The van der Waals surface area contributed by atoms with Crippen LogP contribution in [0.25, 0.3) is 11.5 Å². The van der Waals surface area contributed by atoms with Gasteiger partial charge < -0.3 is 9.73 Å². The van der Waals surface area contributed by atoms with Gasteiger partial charge >= 0.3 is 0 Å². The van der Waals surface area contributed by atoms with Gasteiger partial charge in [0.25, 0.3) is 5.91 Å². The lowest BCUT2D eigenvalue weighted by molar-refractivity contribution is 0.102. The van der Waals surface area contributed by atoms with Crippen LogP contribution in [0.3, 0.4) is 0 Å². The van der Waals surface area contributed by atoms with Gasteiger partial charge in [0, 0.05) is 16.8 Å². The Balaban J connectivity index is 1.73. The number of anilines is 1. The lowest BCUT2D eigenvalue weighted by Gasteiger charge is -2.06. The van der Waals surface area contributed by atoms with Crippen molar-refractivity contribution < 1.29 is 9.21 Å². The van der Waals surface area contributed by atoms with Crippen molar-refractivity contribution in [3.8, 4) is 11.5 Å². The molecular weight excluding hydrogens is 266 g/mol. The van der Waals surface area contributed by atoms with E-state index in [9.17, 15) is 4.79 Å². The number of hydrogen-bond donors (Lipinski definition) is 1. The van der Waals surface area contributed by atoms with Gasteiger partial charge in [0.05, 0.1) is 0 Å². The van der Waals surface area contributed by atoms with Crippen LogP contribution in [0.2, 0.25) is 0 Å². The van der Waals surface area contributed by atoms with Gasteiger partial charge in [-0.1, -0.05) is 17.7 Å². The predicted molar refractivity (Wildman–Crippen MR) is 78.9 cm³/mol. The number of rotatable bonds is 3. The standard InChI is InChI=1S/C16H13N3O2/c1-11-2-4-12(5-3-11)15(20)18-14-8-6-13(7-9-14)16-19-17-10-21-16/h2-10H,1H3,(H,18,20). The van der Waals surface area contributed by atoms with E-state index in [0.717, 1.165) is 11.1 Å². The minimum atomic E-state index is -0.138. The SMILES string of the molecule is Cc1ccc(C(=O)Nc2ccc(-c3nnco3)cc2)cc1. The van der Waals surface area contributed by atoms with Gasteiger partial charge in [-0.2, -0.15) is 0 Å². The van der Waals surface area contributed by atoms with E-state index < -0.39 is 0 Å². The second-order valence-corrected chi connectivity index (χ2v) is 4.64. The summed E-state index contributed by atoms with van der Waals surface area (Å²) in [6, 6.07) is 14.7. The first kappa shape index (κ1) is 13.1. The van der Waals surface area contributed by atoms with Crippen LogP contribution in [0.15, 0.2) is 59.3 Å². The molecule has 3 aromatic rings. The van der Waals surface area contributed by atoms with Gasteiger partial charge in [0.15, 0.2) is 0 Å². The number of nitrogens with one attached hydrogen (secondary N) is 1.